The highest BCUT2D eigenvalue weighted by atomic mass is 16.5. The first-order chi connectivity index (χ1) is 13.6. The van der Waals surface area contributed by atoms with Crippen molar-refractivity contribution in [1.29, 1.82) is 0 Å². The Morgan fingerprint density at radius 1 is 1.21 bits per heavy atom. The molecule has 0 N–H and O–H groups in total. The van der Waals surface area contributed by atoms with Crippen LogP contribution in [0.3, 0.4) is 0 Å². The van der Waals surface area contributed by atoms with Crippen molar-refractivity contribution >= 4 is 17.5 Å². The summed E-state index contributed by atoms with van der Waals surface area (Å²) >= 11 is 0. The van der Waals surface area contributed by atoms with Gasteiger partial charge in [0.2, 0.25) is 17.6 Å². The van der Waals surface area contributed by atoms with Crippen LogP contribution in [-0.4, -0.2) is 57.2 Å². The topological polar surface area (TPSA) is 91.9 Å². The summed E-state index contributed by atoms with van der Waals surface area (Å²) in [7, 11) is 0. The lowest BCUT2D eigenvalue weighted by Gasteiger charge is -2.26. The standard InChI is InChI=1S/C20H25N5O3/c1-3-5-13-24(4-2)18(27)14-25-17(26)12-11-16(22-25)20-21-19(23-28-20)15-9-7-6-8-10-15/h6-10H,3-5,11-14H2,1-2H3. The number of unbranched alkanes of at least 4 members (excludes halogenated alkanes) is 1. The van der Waals surface area contributed by atoms with Crippen molar-refractivity contribution in [3.8, 4) is 11.4 Å². The van der Waals surface area contributed by atoms with Crippen LogP contribution in [0, 0.1) is 0 Å². The van der Waals surface area contributed by atoms with Gasteiger partial charge in [0, 0.05) is 31.5 Å². The molecule has 1 aliphatic heterocycles. The molecule has 0 bridgehead atoms. The average molecular weight is 383 g/mol. The zero-order valence-corrected chi connectivity index (χ0v) is 16.3. The number of nitrogens with zero attached hydrogens (tertiary/aromatic N) is 5. The maximum Gasteiger partial charge on any atom is 0.274 e. The van der Waals surface area contributed by atoms with Gasteiger partial charge in [-0.15, -0.1) is 0 Å². The van der Waals surface area contributed by atoms with E-state index >= 15 is 0 Å². The Morgan fingerprint density at radius 3 is 2.71 bits per heavy atom. The zero-order chi connectivity index (χ0) is 19.9. The van der Waals surface area contributed by atoms with Crippen molar-refractivity contribution < 1.29 is 14.1 Å². The summed E-state index contributed by atoms with van der Waals surface area (Å²) in [5.41, 5.74) is 1.37. The average Bonchev–Trinajstić information content (AvgIpc) is 3.21. The second-order valence-electron chi connectivity index (χ2n) is 6.61. The molecule has 2 aromatic rings. The van der Waals surface area contributed by atoms with Gasteiger partial charge in [0.05, 0.1) is 0 Å². The number of carbonyl (C=O) groups is 2. The molecule has 0 atom stereocenters. The summed E-state index contributed by atoms with van der Waals surface area (Å²) in [6.45, 7) is 5.25. The molecule has 3 rings (SSSR count). The van der Waals surface area contributed by atoms with Crippen molar-refractivity contribution in [2.24, 2.45) is 5.10 Å². The van der Waals surface area contributed by atoms with Crippen LogP contribution in [0.1, 0.15) is 45.4 Å². The quantitative estimate of drug-likeness (QED) is 0.699. The highest BCUT2D eigenvalue weighted by molar-refractivity contribution is 6.01. The predicted molar refractivity (Wildman–Crippen MR) is 104 cm³/mol. The van der Waals surface area contributed by atoms with Gasteiger partial charge in [-0.3, -0.25) is 9.59 Å². The minimum Gasteiger partial charge on any atom is -0.341 e. The number of rotatable bonds is 8. The van der Waals surface area contributed by atoms with E-state index in [4.69, 9.17) is 4.52 Å². The molecule has 8 heteroatoms. The lowest BCUT2D eigenvalue weighted by Crippen LogP contribution is -2.42. The van der Waals surface area contributed by atoms with Gasteiger partial charge < -0.3 is 9.42 Å². The van der Waals surface area contributed by atoms with Gasteiger partial charge in [0.25, 0.3) is 5.89 Å². The molecule has 0 saturated carbocycles. The third kappa shape index (κ3) is 4.62. The van der Waals surface area contributed by atoms with E-state index in [9.17, 15) is 9.59 Å². The number of hydrogen-bond acceptors (Lipinski definition) is 6. The number of likely N-dealkylation sites (N-methyl/N-ethyl adjacent to an activating group) is 1. The van der Waals surface area contributed by atoms with E-state index in [1.165, 1.54) is 5.01 Å². The third-order valence-electron chi connectivity index (χ3n) is 4.61. The molecule has 28 heavy (non-hydrogen) atoms. The number of hydrogen-bond donors (Lipinski definition) is 0. The Bertz CT molecular complexity index is 847. The largest absolute Gasteiger partial charge is 0.341 e. The Morgan fingerprint density at radius 2 is 2.00 bits per heavy atom. The number of aromatic nitrogens is 2. The van der Waals surface area contributed by atoms with Crippen molar-refractivity contribution in [1.82, 2.24) is 20.0 Å². The fourth-order valence-corrected chi connectivity index (χ4v) is 2.96. The smallest absolute Gasteiger partial charge is 0.274 e. The molecule has 1 aromatic heterocycles. The van der Waals surface area contributed by atoms with Crippen LogP contribution in [0.5, 0.6) is 0 Å². The molecule has 0 unspecified atom stereocenters. The van der Waals surface area contributed by atoms with Crippen molar-refractivity contribution in [2.45, 2.75) is 39.5 Å². The number of benzene rings is 1. The van der Waals surface area contributed by atoms with Gasteiger partial charge in [-0.05, 0) is 13.3 Å². The van der Waals surface area contributed by atoms with Crippen molar-refractivity contribution in [3.63, 3.8) is 0 Å². The fraction of sp³-hybridized carbons (Fsp3) is 0.450. The maximum atomic E-state index is 12.5. The molecule has 0 radical (unpaired) electrons. The van der Waals surface area contributed by atoms with Gasteiger partial charge in [-0.1, -0.05) is 48.8 Å². The molecule has 0 aliphatic carbocycles. The molecular formula is C20H25N5O3. The molecule has 0 spiro atoms. The zero-order valence-electron chi connectivity index (χ0n) is 16.3. The summed E-state index contributed by atoms with van der Waals surface area (Å²) in [6, 6.07) is 9.49. The van der Waals surface area contributed by atoms with Gasteiger partial charge in [-0.25, -0.2) is 5.01 Å². The Balaban J connectivity index is 1.73. The maximum absolute atomic E-state index is 12.5. The fourth-order valence-electron chi connectivity index (χ4n) is 2.96. The molecule has 1 aromatic carbocycles. The van der Waals surface area contributed by atoms with Crippen LogP contribution in [0.2, 0.25) is 0 Å². The molecule has 2 amide bonds. The van der Waals surface area contributed by atoms with Gasteiger partial charge in [0.1, 0.15) is 12.3 Å². The predicted octanol–water partition coefficient (Wildman–Crippen LogP) is 2.71. The number of hydrazone groups is 1. The second kappa shape index (κ2) is 9.25. The lowest BCUT2D eigenvalue weighted by atomic mass is 10.1. The second-order valence-corrected chi connectivity index (χ2v) is 6.61. The summed E-state index contributed by atoms with van der Waals surface area (Å²) in [6.07, 6.45) is 2.62. The lowest BCUT2D eigenvalue weighted by molar-refractivity contribution is -0.140. The summed E-state index contributed by atoms with van der Waals surface area (Å²) in [5.74, 6) is 0.466. The van der Waals surface area contributed by atoms with Crippen LogP contribution >= 0.6 is 0 Å². The summed E-state index contributed by atoms with van der Waals surface area (Å²) in [5, 5.41) is 9.55. The molecule has 0 fully saturated rings. The van der Waals surface area contributed by atoms with Crippen LogP contribution in [0.4, 0.5) is 0 Å². The van der Waals surface area contributed by atoms with E-state index in [1.807, 2.05) is 37.3 Å². The van der Waals surface area contributed by atoms with Gasteiger partial charge in [-0.2, -0.15) is 10.1 Å². The minimum absolute atomic E-state index is 0.0699. The molecule has 1 aliphatic rings. The van der Waals surface area contributed by atoms with Crippen LogP contribution < -0.4 is 0 Å². The highest BCUT2D eigenvalue weighted by Crippen LogP contribution is 2.19. The molecule has 8 nitrogen and oxygen atoms in total. The first-order valence-electron chi connectivity index (χ1n) is 9.67. The van der Waals surface area contributed by atoms with E-state index in [-0.39, 0.29) is 30.7 Å². The van der Waals surface area contributed by atoms with E-state index < -0.39 is 0 Å². The monoisotopic (exact) mass is 383 g/mol. The van der Waals surface area contributed by atoms with Gasteiger partial charge >= 0.3 is 0 Å². The Hall–Kier alpha value is -3.03. The van der Waals surface area contributed by atoms with E-state index in [1.54, 1.807) is 4.90 Å². The third-order valence-corrected chi connectivity index (χ3v) is 4.61. The van der Waals surface area contributed by atoms with Gasteiger partial charge in [0.15, 0.2) is 0 Å². The molecule has 0 saturated heterocycles. The summed E-state index contributed by atoms with van der Waals surface area (Å²) in [4.78, 5) is 30.9. The first-order valence-corrected chi connectivity index (χ1v) is 9.67. The molecule has 2 heterocycles. The summed E-state index contributed by atoms with van der Waals surface area (Å²) < 4.78 is 5.34. The first kappa shape index (κ1) is 19.7. The highest BCUT2D eigenvalue weighted by Gasteiger charge is 2.27. The van der Waals surface area contributed by atoms with E-state index in [0.717, 1.165) is 18.4 Å². The van der Waals surface area contributed by atoms with Crippen molar-refractivity contribution in [3.05, 3.63) is 36.2 Å². The Labute approximate surface area is 164 Å². The molecule has 148 valence electrons. The van der Waals surface area contributed by atoms with Crippen LogP contribution in [0.25, 0.3) is 11.4 Å². The minimum atomic E-state index is -0.175. The Kier molecular flexibility index (Phi) is 6.52. The molecular weight excluding hydrogens is 358 g/mol. The van der Waals surface area contributed by atoms with E-state index in [2.05, 4.69) is 22.2 Å². The van der Waals surface area contributed by atoms with Crippen LogP contribution in [-0.2, 0) is 9.59 Å². The SMILES string of the molecule is CCCCN(CC)C(=O)CN1N=C(c2nc(-c3ccccc3)no2)CCC1=O. The number of carbonyl (C=O) groups excluding carboxylic acids is 2. The number of amides is 2. The van der Waals surface area contributed by atoms with E-state index in [0.29, 0.717) is 31.0 Å². The van der Waals surface area contributed by atoms with Crippen molar-refractivity contribution in [2.75, 3.05) is 19.6 Å². The normalized spacial score (nSPS) is 14.1. The van der Waals surface area contributed by atoms with Crippen LogP contribution in [0.15, 0.2) is 40.0 Å².